The van der Waals surface area contributed by atoms with Gasteiger partial charge in [-0.05, 0) is 23.8 Å². The number of aliphatic imine (C=N–C) groups is 1. The highest BCUT2D eigenvalue weighted by molar-refractivity contribution is 6.30. The van der Waals surface area contributed by atoms with Gasteiger partial charge >= 0.3 is 5.97 Å². The summed E-state index contributed by atoms with van der Waals surface area (Å²) < 4.78 is 43.8. The summed E-state index contributed by atoms with van der Waals surface area (Å²) in [5, 5.41) is 0.878. The van der Waals surface area contributed by atoms with Crippen LogP contribution in [-0.4, -0.2) is 57.0 Å². The van der Waals surface area contributed by atoms with Crippen LogP contribution in [0.15, 0.2) is 41.8 Å². The smallest absolute Gasteiger partial charge is 0.322 e. The molecule has 2 aliphatic rings. The van der Waals surface area contributed by atoms with Crippen LogP contribution >= 0.6 is 11.6 Å². The molecule has 12 heteroatoms. The first-order valence-electron chi connectivity index (χ1n) is 8.81. The predicted octanol–water partition coefficient (Wildman–Crippen LogP) is 1.90. The lowest BCUT2D eigenvalue weighted by Crippen LogP contribution is -2.67. The molecule has 0 saturated carbocycles. The van der Waals surface area contributed by atoms with Crippen LogP contribution in [0.1, 0.15) is 18.1 Å². The third kappa shape index (κ3) is 3.23. The molecule has 8 nitrogen and oxygen atoms in total. The molecule has 30 heavy (non-hydrogen) atoms. The fraction of sp³-hybridized carbons (Fsp3) is 0.333. The first-order chi connectivity index (χ1) is 14.1. The average Bonchev–Trinajstić information content (AvgIpc) is 2.96. The van der Waals surface area contributed by atoms with Crippen molar-refractivity contribution in [1.29, 1.82) is 0 Å². The van der Waals surface area contributed by atoms with Crippen LogP contribution < -0.4 is 5.73 Å². The molecular formula is C18H16ClF3N6O2. The number of rotatable bonds is 3. The van der Waals surface area contributed by atoms with E-state index >= 15 is 0 Å². The standard InChI is InChI=1S/C18H16ClF3N6O2/c1-10(29)30-28-9-17(21,22)8-27-15(28)18(26-16(27)23,11-2-4-24-5-3-11)13-6-12(19)7-25-14(13)20/h2-7,15H,8-9H2,1H3,(H2,23,26). The van der Waals surface area contributed by atoms with E-state index in [4.69, 9.17) is 22.2 Å². The lowest BCUT2D eigenvalue weighted by Gasteiger charge is -2.47. The number of hydroxylamine groups is 2. The number of carbonyl (C=O) groups is 1. The molecule has 2 aromatic rings. The number of hydrogen-bond donors (Lipinski definition) is 1. The van der Waals surface area contributed by atoms with Crippen LogP contribution in [0.4, 0.5) is 13.2 Å². The van der Waals surface area contributed by atoms with Gasteiger partial charge < -0.3 is 15.5 Å². The first-order valence-corrected chi connectivity index (χ1v) is 9.19. The van der Waals surface area contributed by atoms with E-state index < -0.39 is 42.6 Å². The van der Waals surface area contributed by atoms with Crippen molar-refractivity contribution in [3.8, 4) is 0 Å². The molecule has 2 N–H and O–H groups in total. The molecule has 0 aliphatic carbocycles. The summed E-state index contributed by atoms with van der Waals surface area (Å²) in [5.74, 6) is -5.29. The highest BCUT2D eigenvalue weighted by atomic mass is 35.5. The normalized spacial score (nSPS) is 25.6. The van der Waals surface area contributed by atoms with Crippen LogP contribution in [0.25, 0.3) is 0 Å². The molecular weight excluding hydrogens is 425 g/mol. The summed E-state index contributed by atoms with van der Waals surface area (Å²) in [6.45, 7) is -0.655. The van der Waals surface area contributed by atoms with Crippen molar-refractivity contribution >= 4 is 23.5 Å². The Bertz CT molecular complexity index is 1020. The highest BCUT2D eigenvalue weighted by Gasteiger charge is 2.61. The van der Waals surface area contributed by atoms with E-state index in [0.717, 1.165) is 23.1 Å². The van der Waals surface area contributed by atoms with Crippen LogP contribution in [-0.2, 0) is 15.2 Å². The van der Waals surface area contributed by atoms with Crippen molar-refractivity contribution in [3.05, 3.63) is 58.9 Å². The van der Waals surface area contributed by atoms with Gasteiger partial charge in [-0.1, -0.05) is 11.6 Å². The maximum absolute atomic E-state index is 15.0. The molecule has 0 bridgehead atoms. The average molecular weight is 441 g/mol. The van der Waals surface area contributed by atoms with Crippen LogP contribution in [0, 0.1) is 5.95 Å². The van der Waals surface area contributed by atoms with Gasteiger partial charge in [0.1, 0.15) is 6.54 Å². The lowest BCUT2D eigenvalue weighted by atomic mass is 9.81. The molecule has 0 amide bonds. The molecule has 2 atom stereocenters. The second kappa shape index (κ2) is 7.10. The van der Waals surface area contributed by atoms with E-state index in [1.54, 1.807) is 12.1 Å². The Labute approximate surface area is 174 Å². The summed E-state index contributed by atoms with van der Waals surface area (Å²) in [7, 11) is 0. The van der Waals surface area contributed by atoms with Gasteiger partial charge in [-0.2, -0.15) is 4.39 Å². The minimum Gasteiger partial charge on any atom is -0.370 e. The fourth-order valence-electron chi connectivity index (χ4n) is 3.91. The molecule has 0 spiro atoms. The minimum absolute atomic E-state index is 0.104. The zero-order valence-corrected chi connectivity index (χ0v) is 16.4. The molecule has 4 rings (SSSR count). The summed E-state index contributed by atoms with van der Waals surface area (Å²) in [6.07, 6.45) is 2.78. The van der Waals surface area contributed by atoms with Gasteiger partial charge in [-0.25, -0.2) is 18.8 Å². The number of aromatic nitrogens is 2. The van der Waals surface area contributed by atoms with Gasteiger partial charge in [-0.3, -0.25) is 9.78 Å². The van der Waals surface area contributed by atoms with Crippen molar-refractivity contribution in [3.63, 3.8) is 0 Å². The summed E-state index contributed by atoms with van der Waals surface area (Å²) >= 11 is 6.07. The number of guanidine groups is 1. The Balaban J connectivity index is 2.00. The third-order valence-corrected chi connectivity index (χ3v) is 5.10. The number of halogens is 4. The number of nitrogens with zero attached hydrogens (tertiary/aromatic N) is 5. The molecule has 2 aliphatic heterocycles. The Morgan fingerprint density at radius 2 is 2.03 bits per heavy atom. The molecule has 2 aromatic heterocycles. The van der Waals surface area contributed by atoms with Crippen molar-refractivity contribution in [2.24, 2.45) is 10.7 Å². The van der Waals surface area contributed by atoms with Crippen molar-refractivity contribution in [1.82, 2.24) is 19.9 Å². The van der Waals surface area contributed by atoms with Gasteiger partial charge in [-0.15, -0.1) is 5.06 Å². The largest absolute Gasteiger partial charge is 0.370 e. The van der Waals surface area contributed by atoms with Crippen LogP contribution in [0.3, 0.4) is 0 Å². The Morgan fingerprint density at radius 1 is 1.33 bits per heavy atom. The van der Waals surface area contributed by atoms with E-state index in [1.807, 2.05) is 0 Å². The minimum atomic E-state index is -3.27. The second-order valence-electron chi connectivity index (χ2n) is 6.98. The number of alkyl halides is 2. The molecule has 2 unspecified atom stereocenters. The molecule has 1 fully saturated rings. The van der Waals surface area contributed by atoms with Gasteiger partial charge in [0.2, 0.25) is 5.95 Å². The SMILES string of the molecule is CC(=O)ON1CC(F)(F)CN2C(N)=NC(c3ccncc3)(c3cc(Cl)cnc3F)C12. The molecule has 0 radical (unpaired) electrons. The van der Waals surface area contributed by atoms with Gasteiger partial charge in [0.15, 0.2) is 17.7 Å². The van der Waals surface area contributed by atoms with Crippen LogP contribution in [0.2, 0.25) is 5.02 Å². The maximum atomic E-state index is 15.0. The lowest BCUT2D eigenvalue weighted by molar-refractivity contribution is -0.263. The topological polar surface area (TPSA) is 96.9 Å². The Kier molecular flexibility index (Phi) is 4.82. The zero-order valence-electron chi connectivity index (χ0n) is 15.6. The van der Waals surface area contributed by atoms with Crippen molar-refractivity contribution < 1.29 is 22.8 Å². The zero-order chi connectivity index (χ0) is 21.7. The number of nitrogens with two attached hydrogens (primary N) is 1. The fourth-order valence-corrected chi connectivity index (χ4v) is 4.07. The number of fused-ring (bicyclic) bond motifs is 1. The van der Waals surface area contributed by atoms with E-state index in [0.29, 0.717) is 5.56 Å². The van der Waals surface area contributed by atoms with Gasteiger partial charge in [0, 0.05) is 31.1 Å². The summed E-state index contributed by atoms with van der Waals surface area (Å²) in [6, 6.07) is 4.38. The molecule has 1 saturated heterocycles. The molecule has 4 heterocycles. The van der Waals surface area contributed by atoms with Crippen LogP contribution in [0.5, 0.6) is 0 Å². The maximum Gasteiger partial charge on any atom is 0.322 e. The van der Waals surface area contributed by atoms with Crippen molar-refractivity contribution in [2.45, 2.75) is 24.6 Å². The van der Waals surface area contributed by atoms with Gasteiger partial charge in [0.05, 0.1) is 11.6 Å². The number of hydrogen-bond acceptors (Lipinski definition) is 8. The van der Waals surface area contributed by atoms with E-state index in [-0.39, 0.29) is 16.5 Å². The van der Waals surface area contributed by atoms with Crippen molar-refractivity contribution in [2.75, 3.05) is 13.1 Å². The highest BCUT2D eigenvalue weighted by Crippen LogP contribution is 2.48. The summed E-state index contributed by atoms with van der Waals surface area (Å²) in [5.41, 5.74) is 4.58. The first kappa shape index (κ1) is 20.4. The monoisotopic (exact) mass is 440 g/mol. The molecule has 158 valence electrons. The summed E-state index contributed by atoms with van der Waals surface area (Å²) in [4.78, 5) is 29.9. The third-order valence-electron chi connectivity index (χ3n) is 4.90. The van der Waals surface area contributed by atoms with Gasteiger partial charge in [0.25, 0.3) is 5.92 Å². The Hall–Kier alpha value is -2.92. The van der Waals surface area contributed by atoms with E-state index in [9.17, 15) is 18.0 Å². The van der Waals surface area contributed by atoms with E-state index in [1.165, 1.54) is 18.5 Å². The Morgan fingerprint density at radius 3 is 2.70 bits per heavy atom. The molecule has 0 aromatic carbocycles. The number of pyridine rings is 2. The van der Waals surface area contributed by atoms with E-state index in [2.05, 4.69) is 15.0 Å². The quantitative estimate of drug-likeness (QED) is 0.728. The second-order valence-corrected chi connectivity index (χ2v) is 7.42. The predicted molar refractivity (Wildman–Crippen MR) is 99.8 cm³/mol. The number of carbonyl (C=O) groups excluding carboxylic acids is 1.